The van der Waals surface area contributed by atoms with Crippen molar-refractivity contribution in [2.24, 2.45) is 0 Å². The Labute approximate surface area is 147 Å². The van der Waals surface area contributed by atoms with Crippen LogP contribution in [0.2, 0.25) is 5.15 Å². The van der Waals surface area contributed by atoms with Crippen LogP contribution in [0.25, 0.3) is 0 Å². The van der Waals surface area contributed by atoms with E-state index in [2.05, 4.69) is 26.2 Å². The summed E-state index contributed by atoms with van der Waals surface area (Å²) in [5.41, 5.74) is 1.73. The van der Waals surface area contributed by atoms with E-state index >= 15 is 0 Å². The van der Waals surface area contributed by atoms with E-state index in [0.29, 0.717) is 16.7 Å². The van der Waals surface area contributed by atoms with Gasteiger partial charge in [0.1, 0.15) is 5.15 Å². The minimum absolute atomic E-state index is 0.0506. The number of hydrogen-bond donors (Lipinski definition) is 1. The van der Waals surface area contributed by atoms with Crippen molar-refractivity contribution < 1.29 is 9.59 Å². The SMILES string of the molecule is CC(=O)N(C)Cc1ccccc1NC(=O)c1cc(Br)cnc1Cl. The first-order valence-electron chi connectivity index (χ1n) is 6.80. The highest BCUT2D eigenvalue weighted by molar-refractivity contribution is 9.10. The molecule has 2 rings (SSSR count). The first kappa shape index (κ1) is 17.4. The topological polar surface area (TPSA) is 62.3 Å². The summed E-state index contributed by atoms with van der Waals surface area (Å²) >= 11 is 9.25. The number of carbonyl (C=O) groups excluding carboxylic acids is 2. The minimum Gasteiger partial charge on any atom is -0.342 e. The van der Waals surface area contributed by atoms with E-state index in [1.165, 1.54) is 13.1 Å². The van der Waals surface area contributed by atoms with Gasteiger partial charge in [-0.25, -0.2) is 4.98 Å². The van der Waals surface area contributed by atoms with Crippen LogP contribution in [0.1, 0.15) is 22.8 Å². The van der Waals surface area contributed by atoms with E-state index in [0.717, 1.165) is 5.56 Å². The Morgan fingerprint density at radius 2 is 2.04 bits per heavy atom. The lowest BCUT2D eigenvalue weighted by Crippen LogP contribution is -2.24. The molecule has 2 aromatic rings. The number of aromatic nitrogens is 1. The fourth-order valence-corrected chi connectivity index (χ4v) is 2.44. The van der Waals surface area contributed by atoms with Crippen molar-refractivity contribution in [2.45, 2.75) is 13.5 Å². The summed E-state index contributed by atoms with van der Waals surface area (Å²) in [6.07, 6.45) is 1.52. The lowest BCUT2D eigenvalue weighted by Gasteiger charge is -2.18. The summed E-state index contributed by atoms with van der Waals surface area (Å²) in [5.74, 6) is -0.410. The molecule has 120 valence electrons. The summed E-state index contributed by atoms with van der Waals surface area (Å²) in [7, 11) is 1.70. The van der Waals surface area contributed by atoms with Crippen LogP contribution in [0, 0.1) is 0 Å². The second-order valence-corrected chi connectivity index (χ2v) is 6.25. The van der Waals surface area contributed by atoms with Crippen molar-refractivity contribution >= 4 is 45.0 Å². The Kier molecular flexibility index (Phi) is 5.74. The van der Waals surface area contributed by atoms with Gasteiger partial charge in [-0.15, -0.1) is 0 Å². The van der Waals surface area contributed by atoms with Crippen LogP contribution < -0.4 is 5.32 Å². The highest BCUT2D eigenvalue weighted by Gasteiger charge is 2.15. The smallest absolute Gasteiger partial charge is 0.258 e. The van der Waals surface area contributed by atoms with E-state index in [9.17, 15) is 9.59 Å². The lowest BCUT2D eigenvalue weighted by molar-refractivity contribution is -0.128. The summed E-state index contributed by atoms with van der Waals surface area (Å²) in [5, 5.41) is 2.95. The van der Waals surface area contributed by atoms with Gasteiger partial charge in [0.25, 0.3) is 5.91 Å². The van der Waals surface area contributed by atoms with Crippen molar-refractivity contribution in [1.29, 1.82) is 0 Å². The second-order valence-electron chi connectivity index (χ2n) is 4.98. The third-order valence-electron chi connectivity index (χ3n) is 3.26. The highest BCUT2D eigenvalue weighted by Crippen LogP contribution is 2.22. The van der Waals surface area contributed by atoms with Crippen molar-refractivity contribution in [1.82, 2.24) is 9.88 Å². The number of nitrogens with zero attached hydrogens (tertiary/aromatic N) is 2. The molecular formula is C16H15BrClN3O2. The van der Waals surface area contributed by atoms with E-state index < -0.39 is 0 Å². The molecule has 0 radical (unpaired) electrons. The zero-order chi connectivity index (χ0) is 17.0. The Morgan fingerprint density at radius 1 is 1.35 bits per heavy atom. The number of amides is 2. The molecule has 5 nitrogen and oxygen atoms in total. The summed E-state index contributed by atoms with van der Waals surface area (Å²) in [6.45, 7) is 1.89. The average molecular weight is 397 g/mol. The third kappa shape index (κ3) is 4.53. The molecule has 0 aliphatic rings. The van der Waals surface area contributed by atoms with Gasteiger partial charge in [-0.1, -0.05) is 29.8 Å². The van der Waals surface area contributed by atoms with Gasteiger partial charge in [-0.2, -0.15) is 0 Å². The van der Waals surface area contributed by atoms with Crippen molar-refractivity contribution in [3.05, 3.63) is 57.3 Å². The van der Waals surface area contributed by atoms with Gasteiger partial charge in [0, 0.05) is 36.9 Å². The Morgan fingerprint density at radius 3 is 2.74 bits per heavy atom. The predicted molar refractivity (Wildman–Crippen MR) is 93.5 cm³/mol. The van der Waals surface area contributed by atoms with Crippen LogP contribution in [-0.4, -0.2) is 28.7 Å². The molecule has 0 fully saturated rings. The normalized spacial score (nSPS) is 10.3. The summed E-state index contributed by atoms with van der Waals surface area (Å²) in [6, 6.07) is 8.91. The largest absolute Gasteiger partial charge is 0.342 e. The molecule has 2 amide bonds. The minimum atomic E-state index is -0.360. The monoisotopic (exact) mass is 395 g/mol. The maximum atomic E-state index is 12.4. The number of rotatable bonds is 4. The molecule has 23 heavy (non-hydrogen) atoms. The number of anilines is 1. The van der Waals surface area contributed by atoms with Gasteiger partial charge in [0.2, 0.25) is 5.91 Å². The van der Waals surface area contributed by atoms with Crippen LogP contribution in [0.15, 0.2) is 41.0 Å². The van der Waals surface area contributed by atoms with Crippen molar-refractivity contribution in [2.75, 3.05) is 12.4 Å². The highest BCUT2D eigenvalue weighted by atomic mass is 79.9. The molecule has 0 atom stereocenters. The molecule has 7 heteroatoms. The first-order chi connectivity index (χ1) is 10.9. The number of hydrogen-bond acceptors (Lipinski definition) is 3. The fourth-order valence-electron chi connectivity index (χ4n) is 1.92. The Bertz CT molecular complexity index is 752. The molecule has 1 N–H and O–H groups in total. The Balaban J connectivity index is 2.24. The zero-order valence-electron chi connectivity index (χ0n) is 12.6. The maximum absolute atomic E-state index is 12.4. The van der Waals surface area contributed by atoms with Crippen LogP contribution in [-0.2, 0) is 11.3 Å². The lowest BCUT2D eigenvalue weighted by atomic mass is 10.1. The number of benzene rings is 1. The maximum Gasteiger partial charge on any atom is 0.258 e. The van der Waals surface area contributed by atoms with E-state index in [4.69, 9.17) is 11.6 Å². The quantitative estimate of drug-likeness (QED) is 0.801. The van der Waals surface area contributed by atoms with Gasteiger partial charge in [0.15, 0.2) is 0 Å². The van der Waals surface area contributed by atoms with Gasteiger partial charge in [-0.3, -0.25) is 9.59 Å². The predicted octanol–water partition coefficient (Wildman–Crippen LogP) is 3.73. The van der Waals surface area contributed by atoms with Crippen molar-refractivity contribution in [3.8, 4) is 0 Å². The molecule has 0 unspecified atom stereocenters. The van der Waals surface area contributed by atoms with Gasteiger partial charge >= 0.3 is 0 Å². The van der Waals surface area contributed by atoms with Crippen LogP contribution in [0.4, 0.5) is 5.69 Å². The van der Waals surface area contributed by atoms with E-state index in [1.54, 1.807) is 24.1 Å². The van der Waals surface area contributed by atoms with Gasteiger partial charge in [-0.05, 0) is 33.6 Å². The third-order valence-corrected chi connectivity index (χ3v) is 4.00. The number of pyridine rings is 1. The van der Waals surface area contributed by atoms with E-state index in [-0.39, 0.29) is 22.5 Å². The number of carbonyl (C=O) groups is 2. The van der Waals surface area contributed by atoms with Crippen molar-refractivity contribution in [3.63, 3.8) is 0 Å². The molecule has 1 aromatic heterocycles. The molecule has 0 saturated carbocycles. The van der Waals surface area contributed by atoms with Gasteiger partial charge in [0.05, 0.1) is 5.56 Å². The van der Waals surface area contributed by atoms with Crippen LogP contribution in [0.5, 0.6) is 0 Å². The van der Waals surface area contributed by atoms with Crippen LogP contribution >= 0.6 is 27.5 Å². The number of halogens is 2. The molecule has 0 bridgehead atoms. The molecule has 0 spiro atoms. The average Bonchev–Trinajstić information content (AvgIpc) is 2.51. The molecule has 0 saturated heterocycles. The van der Waals surface area contributed by atoms with Gasteiger partial charge < -0.3 is 10.2 Å². The second kappa shape index (κ2) is 7.57. The molecular weight excluding hydrogens is 382 g/mol. The summed E-state index contributed by atoms with van der Waals surface area (Å²) < 4.78 is 0.664. The van der Waals surface area contributed by atoms with E-state index in [1.807, 2.05) is 18.2 Å². The first-order valence-corrected chi connectivity index (χ1v) is 7.97. The summed E-state index contributed by atoms with van der Waals surface area (Å²) in [4.78, 5) is 29.3. The fraction of sp³-hybridized carbons (Fsp3) is 0.188. The standard InChI is InChI=1S/C16H15BrClN3O2/c1-10(22)21(2)9-11-5-3-4-6-14(11)20-16(23)13-7-12(17)8-19-15(13)18/h3-8H,9H2,1-2H3,(H,20,23). The number of nitrogens with one attached hydrogen (secondary N) is 1. The molecule has 1 heterocycles. The Hall–Kier alpha value is -1.92. The molecule has 1 aromatic carbocycles. The zero-order valence-corrected chi connectivity index (χ0v) is 15.0. The molecule has 0 aliphatic heterocycles. The van der Waals surface area contributed by atoms with Crippen LogP contribution in [0.3, 0.4) is 0 Å². The molecule has 0 aliphatic carbocycles. The number of para-hydroxylation sites is 1.